The van der Waals surface area contributed by atoms with E-state index in [9.17, 15) is 9.18 Å². The summed E-state index contributed by atoms with van der Waals surface area (Å²) < 4.78 is 19.8. The second-order valence-corrected chi connectivity index (χ2v) is 7.56. The molecule has 33 heavy (non-hydrogen) atoms. The van der Waals surface area contributed by atoms with Crippen molar-refractivity contribution in [2.45, 2.75) is 6.42 Å². The number of guanidine groups is 1. The quantitative estimate of drug-likeness (QED) is 0.203. The average Bonchev–Trinajstić information content (AvgIpc) is 3.27. The van der Waals surface area contributed by atoms with E-state index in [2.05, 4.69) is 30.5 Å². The summed E-state index contributed by atoms with van der Waals surface area (Å²) in [7, 11) is 3.40. The third kappa shape index (κ3) is 8.55. The summed E-state index contributed by atoms with van der Waals surface area (Å²) >= 11 is 0. The number of rotatable bonds is 9. The van der Waals surface area contributed by atoms with Gasteiger partial charge in [-0.3, -0.25) is 14.7 Å². The van der Waals surface area contributed by atoms with Crippen LogP contribution in [0.25, 0.3) is 5.69 Å². The van der Waals surface area contributed by atoms with Crippen molar-refractivity contribution < 1.29 is 13.9 Å². The van der Waals surface area contributed by atoms with E-state index < -0.39 is 0 Å². The van der Waals surface area contributed by atoms with Gasteiger partial charge >= 0.3 is 0 Å². The van der Waals surface area contributed by atoms with Gasteiger partial charge in [0, 0.05) is 66.0 Å². The van der Waals surface area contributed by atoms with Crippen molar-refractivity contribution in [2.24, 2.45) is 4.99 Å². The Hall–Kier alpha value is -2.25. The van der Waals surface area contributed by atoms with Gasteiger partial charge in [0.2, 0.25) is 5.91 Å². The van der Waals surface area contributed by atoms with Crippen molar-refractivity contribution in [2.75, 3.05) is 66.6 Å². The molecule has 0 spiro atoms. The Labute approximate surface area is 211 Å². The van der Waals surface area contributed by atoms with Gasteiger partial charge in [-0.15, -0.1) is 24.0 Å². The largest absolute Gasteiger partial charge is 0.383 e. The Morgan fingerprint density at radius 1 is 1.12 bits per heavy atom. The molecule has 11 heteroatoms. The fourth-order valence-electron chi connectivity index (χ4n) is 3.54. The van der Waals surface area contributed by atoms with Gasteiger partial charge in [-0.2, -0.15) is 5.10 Å². The van der Waals surface area contributed by atoms with Crippen LogP contribution in [-0.4, -0.2) is 98.0 Å². The molecule has 1 aromatic carbocycles. The van der Waals surface area contributed by atoms with Crippen LogP contribution in [0.3, 0.4) is 0 Å². The van der Waals surface area contributed by atoms with Crippen molar-refractivity contribution >= 4 is 35.8 Å². The van der Waals surface area contributed by atoms with Crippen LogP contribution < -0.4 is 10.6 Å². The number of methoxy groups -OCH3 is 1. The second-order valence-electron chi connectivity index (χ2n) is 7.56. The Morgan fingerprint density at radius 2 is 1.85 bits per heavy atom. The van der Waals surface area contributed by atoms with Gasteiger partial charge in [-0.05, 0) is 30.3 Å². The predicted octanol–water partition coefficient (Wildman–Crippen LogP) is 1.13. The number of hydrogen-bond donors (Lipinski definition) is 2. The maximum Gasteiger partial charge on any atom is 0.234 e. The van der Waals surface area contributed by atoms with E-state index in [1.165, 1.54) is 12.1 Å². The van der Waals surface area contributed by atoms with E-state index in [1.54, 1.807) is 31.0 Å². The van der Waals surface area contributed by atoms with E-state index in [1.807, 2.05) is 12.3 Å². The summed E-state index contributed by atoms with van der Waals surface area (Å²) in [4.78, 5) is 20.7. The molecule has 1 fully saturated rings. The molecule has 1 aromatic heterocycles. The van der Waals surface area contributed by atoms with Crippen molar-refractivity contribution in [3.63, 3.8) is 0 Å². The normalized spacial score (nSPS) is 14.6. The van der Waals surface area contributed by atoms with Crippen LogP contribution in [0.15, 0.2) is 41.5 Å². The number of carbonyl (C=O) groups is 1. The van der Waals surface area contributed by atoms with Gasteiger partial charge in [-0.1, -0.05) is 0 Å². The van der Waals surface area contributed by atoms with Crippen LogP contribution in [0, 0.1) is 5.82 Å². The molecule has 0 radical (unpaired) electrons. The van der Waals surface area contributed by atoms with Crippen LogP contribution >= 0.6 is 24.0 Å². The highest BCUT2D eigenvalue weighted by Gasteiger charge is 2.21. The van der Waals surface area contributed by atoms with E-state index >= 15 is 0 Å². The number of aliphatic imine (C=N–C) groups is 1. The molecule has 0 unspecified atom stereocenters. The number of piperazine rings is 1. The van der Waals surface area contributed by atoms with Gasteiger partial charge < -0.3 is 20.3 Å². The van der Waals surface area contributed by atoms with E-state index in [4.69, 9.17) is 4.74 Å². The second kappa shape index (κ2) is 14.1. The number of hydrogen-bond acceptors (Lipinski definition) is 5. The van der Waals surface area contributed by atoms with Gasteiger partial charge in [0.1, 0.15) is 5.82 Å². The van der Waals surface area contributed by atoms with Gasteiger partial charge in [-0.25, -0.2) is 9.07 Å². The summed E-state index contributed by atoms with van der Waals surface area (Å²) in [6.45, 7) is 5.40. The molecule has 1 amide bonds. The first-order chi connectivity index (χ1) is 15.6. The third-order valence-electron chi connectivity index (χ3n) is 5.28. The molecular formula is C22H33FIN7O2. The average molecular weight is 573 g/mol. The highest BCUT2D eigenvalue weighted by atomic mass is 127. The Bertz CT molecular complexity index is 883. The Kier molecular flexibility index (Phi) is 11.5. The van der Waals surface area contributed by atoms with Crippen molar-refractivity contribution in [3.05, 3.63) is 48.0 Å². The third-order valence-corrected chi connectivity index (χ3v) is 5.28. The number of amides is 1. The van der Waals surface area contributed by atoms with Crippen LogP contribution in [-0.2, 0) is 16.0 Å². The summed E-state index contributed by atoms with van der Waals surface area (Å²) in [5.74, 6) is 0.619. The zero-order chi connectivity index (χ0) is 22.8. The molecule has 1 saturated heterocycles. The highest BCUT2D eigenvalue weighted by molar-refractivity contribution is 14.0. The number of ether oxygens (including phenoxy) is 1. The van der Waals surface area contributed by atoms with Crippen LogP contribution in [0.4, 0.5) is 4.39 Å². The monoisotopic (exact) mass is 573 g/mol. The number of nitrogens with one attached hydrogen (secondary N) is 2. The van der Waals surface area contributed by atoms with Crippen molar-refractivity contribution in [3.8, 4) is 5.69 Å². The van der Waals surface area contributed by atoms with Gasteiger partial charge in [0.05, 0.1) is 24.5 Å². The topological polar surface area (TPSA) is 87.0 Å². The zero-order valence-electron chi connectivity index (χ0n) is 19.2. The first-order valence-corrected chi connectivity index (χ1v) is 10.8. The zero-order valence-corrected chi connectivity index (χ0v) is 21.5. The van der Waals surface area contributed by atoms with E-state index in [0.29, 0.717) is 26.2 Å². The molecule has 182 valence electrons. The van der Waals surface area contributed by atoms with Crippen LogP contribution in [0.5, 0.6) is 0 Å². The number of benzene rings is 1. The van der Waals surface area contributed by atoms with Crippen LogP contribution in [0.2, 0.25) is 0 Å². The standard InChI is InChI=1S/C22H32FN7O2.HI/c1-24-22(29-14-12-28(13-15-29)17-21(31)25-10-16-32-2)26-9-7-19-8-11-30(27-19)20-5-3-18(23)4-6-20;/h3-6,8,11H,7,9-10,12-17H2,1-2H3,(H,24,26)(H,25,31);1H. The molecule has 1 aliphatic rings. The lowest BCUT2D eigenvalue weighted by Crippen LogP contribution is -2.54. The fourth-order valence-corrected chi connectivity index (χ4v) is 3.54. The number of carbonyl (C=O) groups excluding carboxylic acids is 1. The minimum atomic E-state index is -0.261. The smallest absolute Gasteiger partial charge is 0.234 e. The minimum absolute atomic E-state index is 0. The first-order valence-electron chi connectivity index (χ1n) is 10.8. The van der Waals surface area contributed by atoms with Gasteiger partial charge in [0.25, 0.3) is 0 Å². The van der Waals surface area contributed by atoms with E-state index in [-0.39, 0.29) is 35.7 Å². The molecule has 2 heterocycles. The molecule has 2 aromatic rings. The fraction of sp³-hybridized carbons (Fsp3) is 0.500. The summed E-state index contributed by atoms with van der Waals surface area (Å²) in [5, 5.41) is 10.8. The molecule has 0 aliphatic carbocycles. The lowest BCUT2D eigenvalue weighted by molar-refractivity contribution is -0.122. The molecule has 2 N–H and O–H groups in total. The summed E-state index contributed by atoms with van der Waals surface area (Å²) in [6, 6.07) is 8.22. The maximum absolute atomic E-state index is 13.1. The van der Waals surface area contributed by atoms with Gasteiger partial charge in [0.15, 0.2) is 5.96 Å². The van der Waals surface area contributed by atoms with E-state index in [0.717, 1.165) is 49.9 Å². The van der Waals surface area contributed by atoms with Crippen molar-refractivity contribution in [1.82, 2.24) is 30.2 Å². The molecule has 1 aliphatic heterocycles. The Morgan fingerprint density at radius 3 is 2.52 bits per heavy atom. The first kappa shape index (κ1) is 27.0. The maximum atomic E-state index is 13.1. The lowest BCUT2D eigenvalue weighted by atomic mass is 10.3. The Balaban J connectivity index is 0.00000385. The SMILES string of the molecule is CN=C(NCCc1ccn(-c2ccc(F)cc2)n1)N1CCN(CC(=O)NCCOC)CC1.I. The molecule has 3 rings (SSSR count). The van der Waals surface area contributed by atoms with Crippen LogP contribution in [0.1, 0.15) is 5.69 Å². The molecule has 0 saturated carbocycles. The lowest BCUT2D eigenvalue weighted by Gasteiger charge is -2.36. The van der Waals surface area contributed by atoms with Crippen molar-refractivity contribution in [1.29, 1.82) is 0 Å². The summed E-state index contributed by atoms with van der Waals surface area (Å²) in [6.07, 6.45) is 2.62. The minimum Gasteiger partial charge on any atom is -0.383 e. The molecule has 0 bridgehead atoms. The predicted molar refractivity (Wildman–Crippen MR) is 137 cm³/mol. The number of aromatic nitrogens is 2. The summed E-state index contributed by atoms with van der Waals surface area (Å²) in [5.41, 5.74) is 1.77. The number of halogens is 2. The highest BCUT2D eigenvalue weighted by Crippen LogP contribution is 2.09. The molecule has 9 nitrogen and oxygen atoms in total. The number of nitrogens with zero attached hydrogens (tertiary/aromatic N) is 5. The molecule has 0 atom stereocenters. The molecular weight excluding hydrogens is 540 g/mol.